The fourth-order valence-electron chi connectivity index (χ4n) is 10.9. The molecule has 5 aromatic rings. The highest BCUT2D eigenvalue weighted by molar-refractivity contribution is 7.99. The summed E-state index contributed by atoms with van der Waals surface area (Å²) >= 11 is 1.18. The number of carbonyl (C=O) groups excluding carboxylic acids is 6. The molecule has 0 spiro atoms. The number of carbonyl (C=O) groups is 6. The van der Waals surface area contributed by atoms with E-state index in [0.29, 0.717) is 30.6 Å². The van der Waals surface area contributed by atoms with Crippen LogP contribution in [0.4, 0.5) is 9.59 Å². The Bertz CT molecular complexity index is 2960. The summed E-state index contributed by atoms with van der Waals surface area (Å²) in [6.07, 6.45) is -5.37. The van der Waals surface area contributed by atoms with Crippen molar-refractivity contribution in [1.29, 1.82) is 0 Å². The Morgan fingerprint density at radius 1 is 0.463 bits per heavy atom. The first-order chi connectivity index (χ1) is 39.3. The predicted octanol–water partition coefficient (Wildman–Crippen LogP) is 12.8. The van der Waals surface area contributed by atoms with E-state index in [-0.39, 0.29) is 25.0 Å². The first-order valence-corrected chi connectivity index (χ1v) is 29.5. The first-order valence-electron chi connectivity index (χ1n) is 28.6. The maximum Gasteiger partial charge on any atom is 0.410 e. The SMILES string of the molecule is CCC(CC)N(CC(=O)OC[C@H]1O[C@@H](Sc2ccccc2)[C@H](OC(=O)C(C)(C)C)[C@@H](OC(=O)C(C)(C)C)[C@H]1OC(=O)CN(C(=O)OCC1c2ccccc2-c2ccccc21)C(CC)CC)C(=O)OCC1c2ccccc2-c2ccccc21. The molecule has 0 saturated carbocycles. The van der Waals surface area contributed by atoms with Crippen LogP contribution in [0, 0.1) is 10.8 Å². The number of hydrogen-bond acceptors (Lipinski definition) is 14. The Labute approximate surface area is 486 Å². The van der Waals surface area contributed by atoms with Gasteiger partial charge in [0.1, 0.15) is 44.5 Å². The maximum absolute atomic E-state index is 14.8. The number of thioether (sulfide) groups is 1. The molecule has 82 heavy (non-hydrogen) atoms. The molecule has 5 aromatic carbocycles. The van der Waals surface area contributed by atoms with Gasteiger partial charge < -0.3 is 33.2 Å². The van der Waals surface area contributed by atoms with Gasteiger partial charge in [0.05, 0.1) is 10.8 Å². The van der Waals surface area contributed by atoms with Gasteiger partial charge in [-0.2, -0.15) is 0 Å². The Balaban J connectivity index is 1.08. The van der Waals surface area contributed by atoms with Crippen molar-refractivity contribution >= 4 is 47.8 Å². The zero-order valence-corrected chi connectivity index (χ0v) is 49.6. The third-order valence-electron chi connectivity index (χ3n) is 15.5. The molecule has 15 nitrogen and oxygen atoms in total. The molecular formula is C66H78N2O13S. The van der Waals surface area contributed by atoms with Crippen LogP contribution >= 0.6 is 11.8 Å². The minimum Gasteiger partial charge on any atom is -0.461 e. The number of esters is 4. The van der Waals surface area contributed by atoms with Crippen LogP contribution in [0.3, 0.4) is 0 Å². The van der Waals surface area contributed by atoms with E-state index in [1.807, 2.05) is 143 Å². The second-order valence-corrected chi connectivity index (χ2v) is 24.3. The Morgan fingerprint density at radius 3 is 1.24 bits per heavy atom. The van der Waals surface area contributed by atoms with Crippen LogP contribution < -0.4 is 0 Å². The maximum atomic E-state index is 14.8. The number of rotatable bonds is 21. The van der Waals surface area contributed by atoms with Gasteiger partial charge in [-0.05, 0) is 124 Å². The second kappa shape index (κ2) is 26.8. The fourth-order valence-corrected chi connectivity index (χ4v) is 12.1. The van der Waals surface area contributed by atoms with E-state index in [1.165, 1.54) is 21.6 Å². The van der Waals surface area contributed by atoms with Crippen LogP contribution in [0.25, 0.3) is 22.3 Å². The Hall–Kier alpha value is -7.17. The van der Waals surface area contributed by atoms with Crippen LogP contribution in [0.5, 0.6) is 0 Å². The summed E-state index contributed by atoms with van der Waals surface area (Å²) in [5, 5.41) is 0. The number of hydrogen-bond donors (Lipinski definition) is 0. The van der Waals surface area contributed by atoms with Gasteiger partial charge in [0.2, 0.25) is 0 Å². The van der Waals surface area contributed by atoms with Gasteiger partial charge in [-0.1, -0.05) is 155 Å². The smallest absolute Gasteiger partial charge is 0.410 e. The molecule has 16 heteroatoms. The molecule has 0 aromatic heterocycles. The summed E-state index contributed by atoms with van der Waals surface area (Å²) in [5.41, 5.74) is 5.11. The molecule has 436 valence electrons. The molecule has 0 N–H and O–H groups in total. The van der Waals surface area contributed by atoms with Crippen LogP contribution in [-0.4, -0.2) is 121 Å². The van der Waals surface area contributed by atoms with E-state index in [1.54, 1.807) is 41.5 Å². The van der Waals surface area contributed by atoms with Gasteiger partial charge in [0, 0.05) is 28.8 Å². The average Bonchev–Trinajstić information content (AvgIpc) is 4.04. The number of fused-ring (bicyclic) bond motifs is 6. The van der Waals surface area contributed by atoms with Gasteiger partial charge >= 0.3 is 36.1 Å². The van der Waals surface area contributed by atoms with E-state index >= 15 is 0 Å². The van der Waals surface area contributed by atoms with Crippen LogP contribution in [0.1, 0.15) is 129 Å². The van der Waals surface area contributed by atoms with Crippen molar-refractivity contribution in [2.24, 2.45) is 10.8 Å². The van der Waals surface area contributed by atoms with Gasteiger partial charge in [0.15, 0.2) is 18.3 Å². The van der Waals surface area contributed by atoms with Gasteiger partial charge in [-0.15, -0.1) is 0 Å². The lowest BCUT2D eigenvalue weighted by atomic mass is 9.94. The van der Waals surface area contributed by atoms with Crippen molar-refractivity contribution in [2.75, 3.05) is 32.9 Å². The molecule has 3 aliphatic rings. The fraction of sp³-hybridized carbons (Fsp3) is 0.455. The molecular weight excluding hydrogens is 1060 g/mol. The van der Waals surface area contributed by atoms with Gasteiger partial charge in [-0.3, -0.25) is 29.0 Å². The topological polar surface area (TPSA) is 174 Å². The quantitative estimate of drug-likeness (QED) is 0.0501. The lowest BCUT2D eigenvalue weighted by Gasteiger charge is -2.45. The predicted molar refractivity (Wildman–Crippen MR) is 313 cm³/mol. The third-order valence-corrected chi connectivity index (χ3v) is 16.6. The number of ether oxygens (including phenoxy) is 7. The van der Waals surface area contributed by atoms with Crippen molar-refractivity contribution < 1.29 is 61.9 Å². The molecule has 1 fully saturated rings. The molecule has 5 atom stereocenters. The molecule has 8 rings (SSSR count). The number of benzene rings is 5. The minimum absolute atomic E-state index is 0.00453. The summed E-state index contributed by atoms with van der Waals surface area (Å²) in [6.45, 7) is 16.0. The van der Waals surface area contributed by atoms with Gasteiger partial charge in [-0.25, -0.2) is 9.59 Å². The molecule has 2 amide bonds. The summed E-state index contributed by atoms with van der Waals surface area (Å²) in [6, 6.07) is 40.3. The Kier molecular flexibility index (Phi) is 19.9. The first kappa shape index (κ1) is 60.9. The largest absolute Gasteiger partial charge is 0.461 e. The molecule has 1 heterocycles. The summed E-state index contributed by atoms with van der Waals surface area (Å²) in [4.78, 5) is 89.5. The zero-order valence-electron chi connectivity index (χ0n) is 48.8. The van der Waals surface area contributed by atoms with Crippen molar-refractivity contribution in [3.8, 4) is 22.3 Å². The number of nitrogens with zero attached hydrogens (tertiary/aromatic N) is 2. The number of amides is 2. The van der Waals surface area contributed by atoms with Crippen LogP contribution in [0.15, 0.2) is 132 Å². The van der Waals surface area contributed by atoms with E-state index in [4.69, 9.17) is 33.2 Å². The van der Waals surface area contributed by atoms with Crippen molar-refractivity contribution in [3.63, 3.8) is 0 Å². The summed E-state index contributed by atoms with van der Waals surface area (Å²) in [5.74, 6) is -3.57. The highest BCUT2D eigenvalue weighted by Crippen LogP contribution is 2.46. The zero-order chi connectivity index (χ0) is 58.9. The Morgan fingerprint density at radius 2 is 0.841 bits per heavy atom. The van der Waals surface area contributed by atoms with Crippen molar-refractivity contribution in [1.82, 2.24) is 9.80 Å². The molecule has 0 bridgehead atoms. The summed E-state index contributed by atoms with van der Waals surface area (Å²) in [7, 11) is 0. The molecule has 0 radical (unpaired) electrons. The molecule has 0 unspecified atom stereocenters. The van der Waals surface area contributed by atoms with E-state index in [9.17, 15) is 28.8 Å². The minimum atomic E-state index is -1.60. The lowest BCUT2D eigenvalue weighted by Crippen LogP contribution is -2.63. The molecule has 1 aliphatic heterocycles. The molecule has 1 saturated heterocycles. The second-order valence-electron chi connectivity index (χ2n) is 23.2. The van der Waals surface area contributed by atoms with Crippen LogP contribution in [-0.2, 0) is 52.3 Å². The van der Waals surface area contributed by atoms with E-state index < -0.39 is 109 Å². The molecule has 2 aliphatic carbocycles. The summed E-state index contributed by atoms with van der Waals surface area (Å²) < 4.78 is 44.1. The standard InChI is InChI=1S/C66H78N2O13S/c1-11-41(12-2)67(63(73)76-38-52-48-32-22-18-28-44(48)45-29-19-23-33-49(45)52)36-55(69)75-40-54-57(58(80-61(71)65(5,6)7)59(81-62(72)66(8,9)10)60(78-54)82-43-26-16-15-17-27-43)79-56(70)37-68(42(13-3)14-4)64(74)77-39-53-50-34-24-20-30-46(50)47-31-21-25-35-51(47)53/h15-35,41-42,52-54,57-60H,11-14,36-40H2,1-10H3/t54-,57+,58+,59-,60+/m1/s1. The van der Waals surface area contributed by atoms with Crippen molar-refractivity contribution in [2.45, 2.75) is 154 Å². The highest BCUT2D eigenvalue weighted by Gasteiger charge is 2.54. The van der Waals surface area contributed by atoms with Crippen LogP contribution in [0.2, 0.25) is 0 Å². The van der Waals surface area contributed by atoms with Gasteiger partial charge in [0.25, 0.3) is 0 Å². The third kappa shape index (κ3) is 14.0. The normalized spacial score (nSPS) is 18.4. The highest BCUT2D eigenvalue weighted by atomic mass is 32.2. The lowest BCUT2D eigenvalue weighted by molar-refractivity contribution is -0.244. The van der Waals surface area contributed by atoms with Crippen molar-refractivity contribution in [3.05, 3.63) is 150 Å². The van der Waals surface area contributed by atoms with E-state index in [0.717, 1.165) is 44.5 Å². The monoisotopic (exact) mass is 1140 g/mol. The average molecular weight is 1140 g/mol. The van der Waals surface area contributed by atoms with E-state index in [2.05, 4.69) is 12.1 Å².